The van der Waals surface area contributed by atoms with Gasteiger partial charge in [0.1, 0.15) is 5.78 Å². The van der Waals surface area contributed by atoms with E-state index in [1.807, 2.05) is 0 Å². The van der Waals surface area contributed by atoms with Crippen molar-refractivity contribution in [3.8, 4) is 11.8 Å². The first-order valence-electron chi connectivity index (χ1n) is 7.96. The van der Waals surface area contributed by atoms with E-state index in [1.165, 1.54) is 12.8 Å². The smallest absolute Gasteiger partial charge is 0.136 e. The number of hydrogen-bond acceptors (Lipinski definition) is 1. The Hall–Kier alpha value is -0.770. The molecule has 0 amide bonds. The van der Waals surface area contributed by atoms with E-state index in [0.29, 0.717) is 29.5 Å². The number of carbonyl (C=O) groups excluding carboxylic acids is 1. The topological polar surface area (TPSA) is 17.1 Å². The van der Waals surface area contributed by atoms with Gasteiger partial charge in [0.15, 0.2) is 0 Å². The van der Waals surface area contributed by atoms with E-state index < -0.39 is 0 Å². The van der Waals surface area contributed by atoms with Crippen LogP contribution in [0.3, 0.4) is 0 Å². The van der Waals surface area contributed by atoms with Gasteiger partial charge in [-0.3, -0.25) is 4.79 Å². The minimum atomic E-state index is 0.237. The van der Waals surface area contributed by atoms with Crippen LogP contribution in [0.2, 0.25) is 0 Å². The van der Waals surface area contributed by atoms with Crippen LogP contribution in [0.5, 0.6) is 0 Å². The standard InChI is InChI=1S/C18H28O/c1-13(2)7-5-8-14(3)15-10-11-16-17(19)9-6-12-18(15,16)4/h13-16H,6-7,9-12H2,1-4H3/t14-,15-,16?,18-/m1/s1. The van der Waals surface area contributed by atoms with Gasteiger partial charge in [0.05, 0.1) is 0 Å². The van der Waals surface area contributed by atoms with Crippen molar-refractivity contribution in [1.82, 2.24) is 0 Å². The van der Waals surface area contributed by atoms with E-state index in [2.05, 4.69) is 39.5 Å². The van der Waals surface area contributed by atoms with Gasteiger partial charge in [-0.25, -0.2) is 0 Å². The lowest BCUT2D eigenvalue weighted by atomic mass is 9.62. The van der Waals surface area contributed by atoms with Gasteiger partial charge in [-0.15, -0.1) is 5.92 Å². The molecule has 0 aromatic heterocycles. The Kier molecular flexibility index (Phi) is 4.39. The molecule has 0 aliphatic heterocycles. The van der Waals surface area contributed by atoms with Crippen molar-refractivity contribution in [2.24, 2.45) is 29.1 Å². The molecule has 2 aliphatic carbocycles. The average molecular weight is 260 g/mol. The van der Waals surface area contributed by atoms with Crippen molar-refractivity contribution in [2.45, 2.75) is 66.2 Å². The maximum Gasteiger partial charge on any atom is 0.136 e. The molecular formula is C18H28O. The largest absolute Gasteiger partial charge is 0.299 e. The van der Waals surface area contributed by atoms with Gasteiger partial charge in [-0.1, -0.05) is 33.6 Å². The van der Waals surface area contributed by atoms with Crippen LogP contribution in [0.4, 0.5) is 0 Å². The fourth-order valence-electron chi connectivity index (χ4n) is 4.32. The summed E-state index contributed by atoms with van der Waals surface area (Å²) in [5, 5.41) is 0. The minimum absolute atomic E-state index is 0.237. The van der Waals surface area contributed by atoms with Crippen LogP contribution < -0.4 is 0 Å². The molecule has 0 aromatic rings. The molecule has 0 heterocycles. The zero-order valence-corrected chi connectivity index (χ0v) is 13.0. The van der Waals surface area contributed by atoms with Crippen molar-refractivity contribution >= 4 is 5.78 Å². The van der Waals surface area contributed by atoms with E-state index in [-0.39, 0.29) is 5.41 Å². The number of rotatable bonds is 2. The third-order valence-electron chi connectivity index (χ3n) is 5.38. The molecule has 2 aliphatic rings. The van der Waals surface area contributed by atoms with Crippen molar-refractivity contribution < 1.29 is 4.79 Å². The molecule has 19 heavy (non-hydrogen) atoms. The Labute approximate surface area is 118 Å². The molecule has 1 heteroatoms. The van der Waals surface area contributed by atoms with Crippen LogP contribution >= 0.6 is 0 Å². The summed E-state index contributed by atoms with van der Waals surface area (Å²) in [6.45, 7) is 9.05. The third-order valence-corrected chi connectivity index (χ3v) is 5.38. The lowest BCUT2D eigenvalue weighted by molar-refractivity contribution is -0.129. The summed E-state index contributed by atoms with van der Waals surface area (Å²) in [4.78, 5) is 12.1. The second kappa shape index (κ2) is 5.70. The lowest BCUT2D eigenvalue weighted by Gasteiger charge is -2.41. The van der Waals surface area contributed by atoms with Gasteiger partial charge >= 0.3 is 0 Å². The van der Waals surface area contributed by atoms with Crippen LogP contribution in [0.25, 0.3) is 0 Å². The molecule has 106 valence electrons. The SMILES string of the molecule is CC(C)CC#C[C@@H](C)[C@H]1CCC2C(=O)CCC[C@@]21C. The number of carbonyl (C=O) groups is 1. The van der Waals surface area contributed by atoms with Gasteiger partial charge in [0.2, 0.25) is 0 Å². The Morgan fingerprint density at radius 1 is 1.32 bits per heavy atom. The van der Waals surface area contributed by atoms with Crippen LogP contribution in [0, 0.1) is 40.9 Å². The Bertz CT molecular complexity index is 398. The number of fused-ring (bicyclic) bond motifs is 1. The van der Waals surface area contributed by atoms with Crippen molar-refractivity contribution in [1.29, 1.82) is 0 Å². The van der Waals surface area contributed by atoms with Crippen molar-refractivity contribution in [3.05, 3.63) is 0 Å². The summed E-state index contributed by atoms with van der Waals surface area (Å²) in [5.41, 5.74) is 0.237. The maximum atomic E-state index is 12.1. The molecule has 4 atom stereocenters. The zero-order chi connectivity index (χ0) is 14.0. The quantitative estimate of drug-likeness (QED) is 0.670. The number of ketones is 1. The van der Waals surface area contributed by atoms with E-state index in [9.17, 15) is 4.79 Å². The predicted octanol–water partition coefficient (Wildman–Crippen LogP) is 4.46. The summed E-state index contributed by atoms with van der Waals surface area (Å²) >= 11 is 0. The van der Waals surface area contributed by atoms with Crippen LogP contribution in [-0.2, 0) is 4.79 Å². The van der Waals surface area contributed by atoms with E-state index in [1.54, 1.807) is 0 Å². The zero-order valence-electron chi connectivity index (χ0n) is 13.0. The highest BCUT2D eigenvalue weighted by Crippen LogP contribution is 2.56. The number of hydrogen-bond donors (Lipinski definition) is 0. The summed E-state index contributed by atoms with van der Waals surface area (Å²) in [5.74, 6) is 9.40. The molecule has 1 nitrogen and oxygen atoms in total. The Balaban J connectivity index is 2.08. The highest BCUT2D eigenvalue weighted by atomic mass is 16.1. The van der Waals surface area contributed by atoms with E-state index in [0.717, 1.165) is 25.7 Å². The fourth-order valence-corrected chi connectivity index (χ4v) is 4.32. The summed E-state index contributed by atoms with van der Waals surface area (Å²) in [6.07, 6.45) is 6.44. The molecule has 0 bridgehead atoms. The average Bonchev–Trinajstić information content (AvgIpc) is 2.67. The van der Waals surface area contributed by atoms with Crippen LogP contribution in [-0.4, -0.2) is 5.78 Å². The van der Waals surface area contributed by atoms with E-state index in [4.69, 9.17) is 0 Å². The van der Waals surface area contributed by atoms with Crippen LogP contribution in [0.15, 0.2) is 0 Å². The first-order valence-corrected chi connectivity index (χ1v) is 7.96. The molecule has 0 spiro atoms. The summed E-state index contributed by atoms with van der Waals surface area (Å²) in [6, 6.07) is 0. The van der Waals surface area contributed by atoms with Crippen molar-refractivity contribution in [3.63, 3.8) is 0 Å². The second-order valence-corrected chi connectivity index (χ2v) is 7.27. The molecule has 0 aromatic carbocycles. The molecule has 0 saturated heterocycles. The first kappa shape index (κ1) is 14.6. The highest BCUT2D eigenvalue weighted by Gasteiger charge is 2.52. The third kappa shape index (κ3) is 2.88. The minimum Gasteiger partial charge on any atom is -0.299 e. The van der Waals surface area contributed by atoms with Gasteiger partial charge in [0, 0.05) is 24.7 Å². The van der Waals surface area contributed by atoms with E-state index >= 15 is 0 Å². The highest BCUT2D eigenvalue weighted by molar-refractivity contribution is 5.83. The summed E-state index contributed by atoms with van der Waals surface area (Å²) < 4.78 is 0. The molecule has 0 N–H and O–H groups in total. The lowest BCUT2D eigenvalue weighted by Crippen LogP contribution is -2.39. The normalized spacial score (nSPS) is 35.7. The molecule has 0 radical (unpaired) electrons. The second-order valence-electron chi connectivity index (χ2n) is 7.27. The molecular weight excluding hydrogens is 232 g/mol. The van der Waals surface area contributed by atoms with Gasteiger partial charge in [0.25, 0.3) is 0 Å². The van der Waals surface area contributed by atoms with Crippen LogP contribution in [0.1, 0.15) is 66.2 Å². The molecule has 1 unspecified atom stereocenters. The molecule has 2 fully saturated rings. The van der Waals surface area contributed by atoms with Gasteiger partial charge in [-0.05, 0) is 42.9 Å². The van der Waals surface area contributed by atoms with Gasteiger partial charge < -0.3 is 0 Å². The summed E-state index contributed by atoms with van der Waals surface area (Å²) in [7, 11) is 0. The van der Waals surface area contributed by atoms with Crippen molar-refractivity contribution in [2.75, 3.05) is 0 Å². The van der Waals surface area contributed by atoms with Gasteiger partial charge in [-0.2, -0.15) is 0 Å². The predicted molar refractivity (Wildman–Crippen MR) is 79.6 cm³/mol. The Morgan fingerprint density at radius 3 is 2.74 bits per heavy atom. The maximum absolute atomic E-state index is 12.1. The Morgan fingerprint density at radius 2 is 2.05 bits per heavy atom. The number of Topliss-reactive ketones (excluding diaryl/α,β-unsaturated/α-hetero) is 1. The molecule has 2 rings (SSSR count). The fraction of sp³-hybridized carbons (Fsp3) is 0.833. The molecule has 2 saturated carbocycles. The first-order chi connectivity index (χ1) is 8.95. The monoisotopic (exact) mass is 260 g/mol.